The predicted molar refractivity (Wildman–Crippen MR) is 136 cm³/mol. The number of benzene rings is 1. The molecule has 2 heterocycles. The third-order valence-electron chi connectivity index (χ3n) is 7.69. The molecule has 2 aliphatic heterocycles. The maximum absolute atomic E-state index is 13.3. The Balaban J connectivity index is 1.35. The van der Waals surface area contributed by atoms with E-state index in [1.54, 1.807) is 30.0 Å². The minimum Gasteiger partial charge on any atom is -0.464 e. The number of piperidine rings is 1. The van der Waals surface area contributed by atoms with Crippen LogP contribution in [0.3, 0.4) is 0 Å². The number of amides is 3. The molecule has 1 aliphatic carbocycles. The lowest BCUT2D eigenvalue weighted by atomic mass is 9.93. The highest BCUT2D eigenvalue weighted by Gasteiger charge is 2.44. The van der Waals surface area contributed by atoms with Gasteiger partial charge in [-0.05, 0) is 75.7 Å². The Labute approximate surface area is 216 Å². The summed E-state index contributed by atoms with van der Waals surface area (Å²) >= 11 is 12.0. The number of rotatable bonds is 7. The highest BCUT2D eigenvalue weighted by molar-refractivity contribution is 6.42. The van der Waals surface area contributed by atoms with Crippen LogP contribution in [0, 0.1) is 5.41 Å². The molecule has 0 radical (unpaired) electrons. The fourth-order valence-corrected chi connectivity index (χ4v) is 5.40. The normalized spacial score (nSPS) is 22.7. The van der Waals surface area contributed by atoms with Gasteiger partial charge in [-0.1, -0.05) is 23.2 Å². The van der Waals surface area contributed by atoms with Gasteiger partial charge in [-0.2, -0.15) is 0 Å². The summed E-state index contributed by atoms with van der Waals surface area (Å²) in [5.74, 6) is -0.503. The zero-order valence-electron chi connectivity index (χ0n) is 20.4. The minimum atomic E-state index is -0.643. The van der Waals surface area contributed by atoms with Crippen molar-refractivity contribution in [2.75, 3.05) is 44.6 Å². The molecular weight excluding hydrogens is 491 g/mol. The number of carbonyl (C=O) groups excluding carboxylic acids is 3. The average molecular weight is 525 g/mol. The first-order chi connectivity index (χ1) is 16.7. The van der Waals surface area contributed by atoms with Crippen molar-refractivity contribution in [3.05, 3.63) is 28.2 Å². The molecule has 0 unspecified atom stereocenters. The first-order valence-electron chi connectivity index (χ1n) is 12.4. The Kier molecular flexibility index (Phi) is 8.13. The van der Waals surface area contributed by atoms with Gasteiger partial charge in [-0.25, -0.2) is 4.79 Å². The van der Waals surface area contributed by atoms with E-state index < -0.39 is 6.04 Å². The van der Waals surface area contributed by atoms with E-state index in [9.17, 15) is 14.4 Å². The van der Waals surface area contributed by atoms with Crippen LogP contribution in [0.25, 0.3) is 0 Å². The van der Waals surface area contributed by atoms with Crippen LogP contribution in [-0.2, 0) is 14.3 Å². The largest absolute Gasteiger partial charge is 0.464 e. The highest BCUT2D eigenvalue weighted by atomic mass is 35.5. The monoisotopic (exact) mass is 524 g/mol. The van der Waals surface area contributed by atoms with Gasteiger partial charge in [-0.3, -0.25) is 9.59 Å². The zero-order valence-corrected chi connectivity index (χ0v) is 21.9. The van der Waals surface area contributed by atoms with Crippen molar-refractivity contribution >= 4 is 46.8 Å². The summed E-state index contributed by atoms with van der Waals surface area (Å²) in [6.45, 7) is 7.08. The topological polar surface area (TPSA) is 82.2 Å². The quantitative estimate of drug-likeness (QED) is 0.539. The second-order valence-corrected chi connectivity index (χ2v) is 10.9. The lowest BCUT2D eigenvalue weighted by Gasteiger charge is -2.43. The summed E-state index contributed by atoms with van der Waals surface area (Å²) in [5.41, 5.74) is 1.13. The molecular formula is C25H34Cl2N4O4. The van der Waals surface area contributed by atoms with E-state index in [4.69, 9.17) is 27.9 Å². The number of ether oxygens (including phenoxy) is 1. The van der Waals surface area contributed by atoms with E-state index in [1.165, 1.54) is 37.5 Å². The van der Waals surface area contributed by atoms with Crippen molar-refractivity contribution in [3.8, 4) is 0 Å². The number of nitrogens with zero attached hydrogens (tertiary/aromatic N) is 3. The molecule has 2 saturated heterocycles. The molecule has 1 aromatic carbocycles. The molecule has 3 amide bonds. The first kappa shape index (κ1) is 26.0. The lowest BCUT2D eigenvalue weighted by molar-refractivity contribution is -0.150. The smallest absolute Gasteiger partial charge is 0.322 e. The molecule has 0 bridgehead atoms. The van der Waals surface area contributed by atoms with E-state index in [1.807, 2.05) is 0 Å². The third-order valence-corrected chi connectivity index (χ3v) is 8.43. The van der Waals surface area contributed by atoms with Gasteiger partial charge in [0.2, 0.25) is 5.91 Å². The molecule has 8 nitrogen and oxygen atoms in total. The number of carbonyl (C=O) groups is 3. The molecule has 192 valence electrons. The molecule has 3 aliphatic rings. The summed E-state index contributed by atoms with van der Waals surface area (Å²) in [7, 11) is 0. The second-order valence-electron chi connectivity index (χ2n) is 10.0. The van der Waals surface area contributed by atoms with E-state index in [0.717, 1.165) is 26.1 Å². The number of esters is 1. The fourth-order valence-electron chi connectivity index (χ4n) is 5.10. The van der Waals surface area contributed by atoms with Crippen LogP contribution in [0.2, 0.25) is 10.0 Å². The van der Waals surface area contributed by atoms with Gasteiger partial charge in [-0.15, -0.1) is 0 Å². The van der Waals surface area contributed by atoms with Crippen LogP contribution in [0.5, 0.6) is 0 Å². The summed E-state index contributed by atoms with van der Waals surface area (Å²) in [4.78, 5) is 43.5. The van der Waals surface area contributed by atoms with Gasteiger partial charge in [0.1, 0.15) is 12.6 Å². The average Bonchev–Trinajstić information content (AvgIpc) is 3.58. The summed E-state index contributed by atoms with van der Waals surface area (Å²) in [6, 6.07) is 3.61. The SMILES string of the molecule is CC(=O)OC[C@H](CCN1CCC2(CC1)CC2)N1CCN(C(=O)Nc2ccc(Cl)c(Cl)c2)[C@@H](C)C1=O. The molecule has 1 N–H and O–H groups in total. The molecule has 0 aromatic heterocycles. The number of halogens is 2. The molecule has 35 heavy (non-hydrogen) atoms. The number of hydrogen-bond donors (Lipinski definition) is 1. The predicted octanol–water partition coefficient (Wildman–Crippen LogP) is 4.26. The summed E-state index contributed by atoms with van der Waals surface area (Å²) in [6.07, 6.45) is 5.97. The van der Waals surface area contributed by atoms with Gasteiger partial charge >= 0.3 is 12.0 Å². The minimum absolute atomic E-state index is 0.145. The van der Waals surface area contributed by atoms with E-state index in [-0.39, 0.29) is 30.6 Å². The number of urea groups is 1. The standard InChI is InChI=1S/C25H34Cl2N4O4/c1-17-23(33)31(14-13-30(17)24(34)28-19-3-4-21(26)22(27)15-19)20(16-35-18(2)32)5-10-29-11-8-25(6-7-25)9-12-29/h3-4,15,17,20H,5-14,16H2,1-2H3,(H,28,34)/t17-,20-/m0/s1. The second kappa shape index (κ2) is 10.9. The Bertz CT molecular complexity index is 961. The Morgan fingerprint density at radius 2 is 1.83 bits per heavy atom. The van der Waals surface area contributed by atoms with Gasteiger partial charge in [0.15, 0.2) is 0 Å². The maximum atomic E-state index is 13.3. The van der Waals surface area contributed by atoms with E-state index in [0.29, 0.717) is 34.2 Å². The number of hydrogen-bond acceptors (Lipinski definition) is 5. The summed E-state index contributed by atoms with van der Waals surface area (Å²) in [5, 5.41) is 3.53. The molecule has 2 atom stereocenters. The highest BCUT2D eigenvalue weighted by Crippen LogP contribution is 2.53. The number of nitrogens with one attached hydrogen (secondary N) is 1. The van der Waals surface area contributed by atoms with Crippen molar-refractivity contribution in [1.29, 1.82) is 0 Å². The fraction of sp³-hybridized carbons (Fsp3) is 0.640. The Morgan fingerprint density at radius 3 is 2.46 bits per heavy atom. The Morgan fingerprint density at radius 1 is 1.11 bits per heavy atom. The first-order valence-corrected chi connectivity index (χ1v) is 13.1. The van der Waals surface area contributed by atoms with Crippen LogP contribution < -0.4 is 5.32 Å². The van der Waals surface area contributed by atoms with Gasteiger partial charge in [0.05, 0.1) is 16.1 Å². The molecule has 1 saturated carbocycles. The Hall–Kier alpha value is -2.03. The van der Waals surface area contributed by atoms with Crippen LogP contribution in [0.1, 0.15) is 46.0 Å². The van der Waals surface area contributed by atoms with Crippen LogP contribution in [-0.4, -0.2) is 84.0 Å². The number of anilines is 1. The van der Waals surface area contributed by atoms with Crippen molar-refractivity contribution in [1.82, 2.24) is 14.7 Å². The summed E-state index contributed by atoms with van der Waals surface area (Å²) < 4.78 is 5.33. The molecule has 10 heteroatoms. The van der Waals surface area contributed by atoms with Crippen LogP contribution in [0.4, 0.5) is 10.5 Å². The van der Waals surface area contributed by atoms with Crippen molar-refractivity contribution in [2.24, 2.45) is 5.41 Å². The lowest BCUT2D eigenvalue weighted by Crippen LogP contribution is -2.61. The molecule has 1 spiro atoms. The molecule has 4 rings (SSSR count). The zero-order chi connectivity index (χ0) is 25.2. The van der Waals surface area contributed by atoms with E-state index >= 15 is 0 Å². The van der Waals surface area contributed by atoms with Gasteiger partial charge < -0.3 is 24.8 Å². The molecule has 3 fully saturated rings. The van der Waals surface area contributed by atoms with Crippen molar-refractivity contribution in [3.63, 3.8) is 0 Å². The van der Waals surface area contributed by atoms with E-state index in [2.05, 4.69) is 10.2 Å². The van der Waals surface area contributed by atoms with Gasteiger partial charge in [0.25, 0.3) is 0 Å². The van der Waals surface area contributed by atoms with Crippen LogP contribution in [0.15, 0.2) is 18.2 Å². The number of piperazine rings is 1. The van der Waals surface area contributed by atoms with Crippen molar-refractivity contribution in [2.45, 2.75) is 58.0 Å². The maximum Gasteiger partial charge on any atom is 0.322 e. The number of likely N-dealkylation sites (tertiary alicyclic amines) is 1. The third kappa shape index (κ3) is 6.40. The van der Waals surface area contributed by atoms with Gasteiger partial charge in [0, 0.05) is 32.2 Å². The van der Waals surface area contributed by atoms with Crippen LogP contribution >= 0.6 is 23.2 Å². The van der Waals surface area contributed by atoms with Crippen molar-refractivity contribution < 1.29 is 19.1 Å². The molecule has 1 aromatic rings.